The van der Waals surface area contributed by atoms with Crippen LogP contribution in [0.15, 0.2) is 12.7 Å². The Morgan fingerprint density at radius 1 is 1.44 bits per heavy atom. The van der Waals surface area contributed by atoms with Crippen molar-refractivity contribution in [2.75, 3.05) is 6.54 Å². The molecule has 6 nitrogen and oxygen atoms in total. The maximum Gasteiger partial charge on any atom is 0.315 e. The largest absolute Gasteiger partial charge is 0.315 e. The zero-order chi connectivity index (χ0) is 12.7. The number of nitrogens with two attached hydrogens (primary N) is 2. The molecule has 0 aromatic rings. The zero-order valence-corrected chi connectivity index (χ0v) is 10.4. The molecule has 0 aliphatic carbocycles. The SMILES string of the molecule is C=CCNOS(=O)(=O)C(N)(N)CCCCC. The molecule has 0 amide bonds. The van der Waals surface area contributed by atoms with Crippen molar-refractivity contribution in [3.8, 4) is 0 Å². The van der Waals surface area contributed by atoms with Gasteiger partial charge in [-0.25, -0.2) is 0 Å². The minimum Gasteiger partial charge on any atom is -0.299 e. The van der Waals surface area contributed by atoms with Gasteiger partial charge in [0.2, 0.25) is 0 Å². The molecule has 0 aromatic carbocycles. The smallest absolute Gasteiger partial charge is 0.299 e. The molecule has 0 heterocycles. The van der Waals surface area contributed by atoms with Crippen LogP contribution in [0.4, 0.5) is 0 Å². The summed E-state index contributed by atoms with van der Waals surface area (Å²) in [5.41, 5.74) is 13.2. The van der Waals surface area contributed by atoms with Gasteiger partial charge >= 0.3 is 10.1 Å². The molecule has 0 aliphatic heterocycles. The fourth-order valence-corrected chi connectivity index (χ4v) is 1.80. The average Bonchev–Trinajstić information content (AvgIpc) is 2.18. The molecule has 0 bridgehead atoms. The fourth-order valence-electron chi connectivity index (χ4n) is 1.02. The van der Waals surface area contributed by atoms with E-state index in [0.29, 0.717) is 6.42 Å². The number of hydroxylamine groups is 1. The van der Waals surface area contributed by atoms with Crippen LogP contribution >= 0.6 is 0 Å². The number of hydrogen-bond acceptors (Lipinski definition) is 6. The molecule has 0 rings (SSSR count). The first-order valence-electron chi connectivity index (χ1n) is 5.22. The van der Waals surface area contributed by atoms with Crippen molar-refractivity contribution in [3.05, 3.63) is 12.7 Å². The van der Waals surface area contributed by atoms with E-state index in [-0.39, 0.29) is 13.0 Å². The molecule has 0 radical (unpaired) electrons. The van der Waals surface area contributed by atoms with Crippen molar-refractivity contribution in [1.29, 1.82) is 0 Å². The van der Waals surface area contributed by atoms with Crippen molar-refractivity contribution in [2.45, 2.75) is 37.6 Å². The third kappa shape index (κ3) is 5.04. The standard InChI is InChI=1S/C9H21N3O3S/c1-3-5-6-7-9(10,11)16(13,14)15-12-8-4-2/h4,12H,2-3,5-8,10-11H2,1H3. The summed E-state index contributed by atoms with van der Waals surface area (Å²) in [5.74, 6) is 0. The minimum atomic E-state index is -4.02. The highest BCUT2D eigenvalue weighted by molar-refractivity contribution is 7.88. The van der Waals surface area contributed by atoms with Crippen LogP contribution in [0.25, 0.3) is 0 Å². The van der Waals surface area contributed by atoms with E-state index in [1.807, 2.05) is 6.92 Å². The number of nitrogens with one attached hydrogen (secondary N) is 1. The first-order chi connectivity index (χ1) is 7.37. The van der Waals surface area contributed by atoms with Gasteiger partial charge in [0.05, 0.1) is 0 Å². The van der Waals surface area contributed by atoms with Gasteiger partial charge in [-0.1, -0.05) is 25.8 Å². The van der Waals surface area contributed by atoms with Gasteiger partial charge in [0.1, 0.15) is 0 Å². The zero-order valence-electron chi connectivity index (χ0n) is 9.61. The van der Waals surface area contributed by atoms with E-state index in [4.69, 9.17) is 11.5 Å². The third-order valence-electron chi connectivity index (χ3n) is 2.03. The van der Waals surface area contributed by atoms with Crippen LogP contribution in [0.3, 0.4) is 0 Å². The highest BCUT2D eigenvalue weighted by Crippen LogP contribution is 2.14. The fraction of sp³-hybridized carbons (Fsp3) is 0.778. The maximum atomic E-state index is 11.6. The van der Waals surface area contributed by atoms with Crippen molar-refractivity contribution in [1.82, 2.24) is 5.48 Å². The van der Waals surface area contributed by atoms with E-state index >= 15 is 0 Å². The first kappa shape index (κ1) is 15.5. The Bertz CT molecular complexity index is 301. The molecule has 7 heteroatoms. The maximum absolute atomic E-state index is 11.6. The summed E-state index contributed by atoms with van der Waals surface area (Å²) in [6.45, 7) is 5.61. The van der Waals surface area contributed by atoms with Crippen molar-refractivity contribution in [3.63, 3.8) is 0 Å². The molecule has 0 aromatic heterocycles. The second-order valence-corrected chi connectivity index (χ2v) is 5.42. The monoisotopic (exact) mass is 251 g/mol. The van der Waals surface area contributed by atoms with E-state index in [9.17, 15) is 8.42 Å². The second kappa shape index (κ2) is 6.97. The van der Waals surface area contributed by atoms with Gasteiger partial charge in [0.25, 0.3) is 0 Å². The predicted octanol–water partition coefficient (Wildman–Crippen LogP) is 0.175. The molecule has 5 N–H and O–H groups in total. The normalized spacial score (nSPS) is 12.7. The first-order valence-corrected chi connectivity index (χ1v) is 6.62. The van der Waals surface area contributed by atoms with Gasteiger partial charge in [-0.15, -0.1) is 6.58 Å². The topological polar surface area (TPSA) is 107 Å². The summed E-state index contributed by atoms with van der Waals surface area (Å²) in [6, 6.07) is 0. The lowest BCUT2D eigenvalue weighted by Gasteiger charge is -2.23. The van der Waals surface area contributed by atoms with Crippen LogP contribution in [0, 0.1) is 0 Å². The van der Waals surface area contributed by atoms with Crippen LogP contribution in [0.2, 0.25) is 0 Å². The van der Waals surface area contributed by atoms with Crippen LogP contribution in [-0.4, -0.2) is 20.0 Å². The van der Waals surface area contributed by atoms with Crippen molar-refractivity contribution >= 4 is 10.1 Å². The van der Waals surface area contributed by atoms with Gasteiger partial charge in [-0.3, -0.25) is 11.5 Å². The number of rotatable bonds is 9. The number of hydrogen-bond donors (Lipinski definition) is 3. The van der Waals surface area contributed by atoms with Crippen molar-refractivity contribution in [2.24, 2.45) is 11.5 Å². The predicted molar refractivity (Wildman–Crippen MR) is 63.5 cm³/mol. The minimum absolute atomic E-state index is 0.166. The van der Waals surface area contributed by atoms with Gasteiger partial charge in [0.15, 0.2) is 4.99 Å². The Morgan fingerprint density at radius 3 is 2.56 bits per heavy atom. The van der Waals surface area contributed by atoms with Gasteiger partial charge in [-0.2, -0.15) is 18.2 Å². The van der Waals surface area contributed by atoms with E-state index in [0.717, 1.165) is 12.8 Å². The summed E-state index contributed by atoms with van der Waals surface area (Å²) < 4.78 is 27.6. The third-order valence-corrected chi connectivity index (χ3v) is 3.51. The molecular formula is C9H21N3O3S. The molecule has 0 saturated carbocycles. The molecule has 0 spiro atoms. The van der Waals surface area contributed by atoms with Gasteiger partial charge in [0, 0.05) is 6.54 Å². The lowest BCUT2D eigenvalue weighted by Crippen LogP contribution is -2.57. The second-order valence-electron chi connectivity index (χ2n) is 3.59. The summed E-state index contributed by atoms with van der Waals surface area (Å²) in [6.07, 6.45) is 4.12. The van der Waals surface area contributed by atoms with Crippen LogP contribution in [0.5, 0.6) is 0 Å². The van der Waals surface area contributed by atoms with Crippen LogP contribution in [-0.2, 0) is 14.4 Å². The molecule has 0 saturated heterocycles. The van der Waals surface area contributed by atoms with E-state index < -0.39 is 15.1 Å². The van der Waals surface area contributed by atoms with Gasteiger partial charge < -0.3 is 0 Å². The lowest BCUT2D eigenvalue weighted by molar-refractivity contribution is 0.203. The molecule has 0 fully saturated rings. The van der Waals surface area contributed by atoms with Gasteiger partial charge in [-0.05, 0) is 12.8 Å². The Balaban J connectivity index is 4.28. The summed E-state index contributed by atoms with van der Waals surface area (Å²) >= 11 is 0. The highest BCUT2D eigenvalue weighted by atomic mass is 32.2. The Hall–Kier alpha value is -0.470. The summed E-state index contributed by atoms with van der Waals surface area (Å²) in [4.78, 5) is -1.85. The van der Waals surface area contributed by atoms with E-state index in [1.165, 1.54) is 6.08 Å². The van der Waals surface area contributed by atoms with E-state index in [2.05, 4.69) is 16.3 Å². The molecule has 0 atom stereocenters. The van der Waals surface area contributed by atoms with Crippen LogP contribution in [0.1, 0.15) is 32.6 Å². The molecule has 0 aliphatic rings. The Kier molecular flexibility index (Phi) is 6.77. The van der Waals surface area contributed by atoms with E-state index in [1.54, 1.807) is 0 Å². The quantitative estimate of drug-likeness (QED) is 0.233. The Morgan fingerprint density at radius 2 is 2.06 bits per heavy atom. The number of unbranched alkanes of at least 4 members (excludes halogenated alkanes) is 2. The van der Waals surface area contributed by atoms with Crippen molar-refractivity contribution < 1.29 is 12.7 Å². The highest BCUT2D eigenvalue weighted by Gasteiger charge is 2.36. The van der Waals surface area contributed by atoms with Crippen LogP contribution < -0.4 is 16.9 Å². The Labute approximate surface area is 97.1 Å². The molecule has 96 valence electrons. The molecule has 0 unspecified atom stereocenters. The summed E-state index contributed by atoms with van der Waals surface area (Å²) in [5, 5.41) is 0. The average molecular weight is 251 g/mol. The molecular weight excluding hydrogens is 230 g/mol. The summed E-state index contributed by atoms with van der Waals surface area (Å²) in [7, 11) is -4.02. The molecule has 16 heavy (non-hydrogen) atoms. The lowest BCUT2D eigenvalue weighted by atomic mass is 10.2.